The fraction of sp³-hybridized carbons (Fsp3) is 0.917. The highest BCUT2D eigenvalue weighted by atomic mass is 16.2. The Labute approximate surface area is 85.7 Å². The first-order chi connectivity index (χ1) is 6.77. The van der Waals surface area contributed by atoms with E-state index in [1.54, 1.807) is 0 Å². The van der Waals surface area contributed by atoms with Gasteiger partial charge in [0.05, 0.1) is 0 Å². The zero-order valence-corrected chi connectivity index (χ0v) is 8.91. The number of carbonyl (C=O) groups excluding carboxylic acids is 1. The number of amides is 1. The van der Waals surface area contributed by atoms with Crippen molar-refractivity contribution in [1.82, 2.24) is 4.90 Å². The molecule has 3 fully saturated rings. The quantitative estimate of drug-likeness (QED) is 0.625. The zero-order chi connectivity index (χ0) is 9.71. The largest absolute Gasteiger partial charge is 0.336 e. The van der Waals surface area contributed by atoms with Crippen LogP contribution < -0.4 is 0 Å². The van der Waals surface area contributed by atoms with Gasteiger partial charge in [-0.3, -0.25) is 4.79 Å². The number of hydrogen-bond donors (Lipinski definition) is 0. The van der Waals surface area contributed by atoms with Gasteiger partial charge in [-0.2, -0.15) is 0 Å². The Morgan fingerprint density at radius 3 is 2.71 bits per heavy atom. The fourth-order valence-corrected chi connectivity index (χ4v) is 3.39. The van der Waals surface area contributed by atoms with Crippen molar-refractivity contribution in [1.29, 1.82) is 0 Å². The number of fused-ring (bicyclic) bond motifs is 2. The van der Waals surface area contributed by atoms with E-state index in [9.17, 15) is 4.79 Å². The number of piperidine rings is 1. The van der Waals surface area contributed by atoms with E-state index < -0.39 is 0 Å². The SMILES string of the molecule is CC1C2CCCC(C2)C(=O)N1C1CC1. The lowest BCUT2D eigenvalue weighted by atomic mass is 9.73. The second-order valence-electron chi connectivity index (χ2n) is 5.34. The van der Waals surface area contributed by atoms with Crippen molar-refractivity contribution in [3.05, 3.63) is 0 Å². The second-order valence-corrected chi connectivity index (χ2v) is 5.34. The van der Waals surface area contributed by atoms with E-state index in [0.29, 0.717) is 23.9 Å². The van der Waals surface area contributed by atoms with Crippen molar-refractivity contribution in [2.24, 2.45) is 11.8 Å². The molecule has 2 aliphatic carbocycles. The molecule has 2 saturated carbocycles. The van der Waals surface area contributed by atoms with Crippen LogP contribution in [0, 0.1) is 11.8 Å². The van der Waals surface area contributed by atoms with Crippen LogP contribution in [0.15, 0.2) is 0 Å². The van der Waals surface area contributed by atoms with Crippen LogP contribution in [0.25, 0.3) is 0 Å². The highest BCUT2D eigenvalue weighted by molar-refractivity contribution is 5.81. The Kier molecular flexibility index (Phi) is 1.86. The molecule has 3 atom stereocenters. The molecule has 0 radical (unpaired) electrons. The maximum atomic E-state index is 12.2. The summed E-state index contributed by atoms with van der Waals surface area (Å²) < 4.78 is 0. The second kappa shape index (κ2) is 2.98. The molecule has 2 heteroatoms. The first-order valence-corrected chi connectivity index (χ1v) is 6.09. The standard InChI is InChI=1S/C12H19NO/c1-8-9-3-2-4-10(7-9)12(14)13(8)11-5-6-11/h8-11H,2-7H2,1H3. The van der Waals surface area contributed by atoms with Gasteiger partial charge in [0.1, 0.15) is 0 Å². The molecule has 3 aliphatic rings. The topological polar surface area (TPSA) is 20.3 Å². The van der Waals surface area contributed by atoms with Crippen LogP contribution >= 0.6 is 0 Å². The zero-order valence-electron chi connectivity index (χ0n) is 8.91. The number of hydrogen-bond acceptors (Lipinski definition) is 1. The molecule has 1 saturated heterocycles. The van der Waals surface area contributed by atoms with Crippen molar-refractivity contribution in [2.45, 2.75) is 57.5 Å². The molecule has 2 bridgehead atoms. The van der Waals surface area contributed by atoms with Gasteiger partial charge in [0.25, 0.3) is 0 Å². The van der Waals surface area contributed by atoms with Gasteiger partial charge in [-0.25, -0.2) is 0 Å². The van der Waals surface area contributed by atoms with Crippen LogP contribution in [-0.2, 0) is 4.79 Å². The lowest BCUT2D eigenvalue weighted by Crippen LogP contribution is -2.53. The predicted octanol–water partition coefficient (Wildman–Crippen LogP) is 2.19. The molecule has 1 amide bonds. The van der Waals surface area contributed by atoms with Gasteiger partial charge in [-0.05, 0) is 44.9 Å². The number of nitrogens with zero attached hydrogens (tertiary/aromatic N) is 1. The number of rotatable bonds is 1. The van der Waals surface area contributed by atoms with E-state index in [0.717, 1.165) is 12.3 Å². The molecule has 3 rings (SSSR count). The molecule has 0 aromatic rings. The molecule has 2 nitrogen and oxygen atoms in total. The molecule has 0 aromatic carbocycles. The Hall–Kier alpha value is -0.530. The summed E-state index contributed by atoms with van der Waals surface area (Å²) in [6.07, 6.45) is 7.50. The van der Waals surface area contributed by atoms with E-state index in [2.05, 4.69) is 11.8 Å². The minimum Gasteiger partial charge on any atom is -0.336 e. The molecule has 78 valence electrons. The lowest BCUT2D eigenvalue weighted by Gasteiger charge is -2.46. The number of likely N-dealkylation sites (tertiary alicyclic amines) is 1. The van der Waals surface area contributed by atoms with Crippen LogP contribution in [0.5, 0.6) is 0 Å². The summed E-state index contributed by atoms with van der Waals surface area (Å²) in [6.45, 7) is 2.27. The van der Waals surface area contributed by atoms with Crippen molar-refractivity contribution in [2.75, 3.05) is 0 Å². The molecule has 1 aliphatic heterocycles. The third-order valence-electron chi connectivity index (χ3n) is 4.38. The highest BCUT2D eigenvalue weighted by Gasteiger charge is 2.46. The molecular formula is C12H19NO. The first-order valence-electron chi connectivity index (χ1n) is 6.09. The molecule has 1 heterocycles. The van der Waals surface area contributed by atoms with Gasteiger partial charge in [0.15, 0.2) is 0 Å². The normalized spacial score (nSPS) is 42.8. The molecule has 0 N–H and O–H groups in total. The summed E-state index contributed by atoms with van der Waals surface area (Å²) in [5.41, 5.74) is 0. The lowest BCUT2D eigenvalue weighted by molar-refractivity contribution is -0.147. The van der Waals surface area contributed by atoms with E-state index in [1.165, 1.54) is 32.1 Å². The maximum absolute atomic E-state index is 12.2. The summed E-state index contributed by atoms with van der Waals surface area (Å²) in [4.78, 5) is 14.4. The molecule has 0 spiro atoms. The van der Waals surface area contributed by atoms with E-state index >= 15 is 0 Å². The smallest absolute Gasteiger partial charge is 0.226 e. The third kappa shape index (κ3) is 1.19. The Morgan fingerprint density at radius 1 is 1.21 bits per heavy atom. The molecule has 3 unspecified atom stereocenters. The van der Waals surface area contributed by atoms with Crippen molar-refractivity contribution >= 4 is 5.91 Å². The van der Waals surface area contributed by atoms with E-state index in [1.807, 2.05) is 0 Å². The van der Waals surface area contributed by atoms with Gasteiger partial charge in [-0.15, -0.1) is 0 Å². The van der Waals surface area contributed by atoms with E-state index in [-0.39, 0.29) is 0 Å². The van der Waals surface area contributed by atoms with Crippen LogP contribution in [0.3, 0.4) is 0 Å². The van der Waals surface area contributed by atoms with Gasteiger partial charge < -0.3 is 4.90 Å². The first kappa shape index (κ1) is 8.75. The fourth-order valence-electron chi connectivity index (χ4n) is 3.39. The summed E-state index contributed by atoms with van der Waals surface area (Å²) in [5.74, 6) is 1.69. The van der Waals surface area contributed by atoms with Gasteiger partial charge >= 0.3 is 0 Å². The molecular weight excluding hydrogens is 174 g/mol. The summed E-state index contributed by atoms with van der Waals surface area (Å²) in [6, 6.07) is 1.16. The minimum atomic E-state index is 0.394. The summed E-state index contributed by atoms with van der Waals surface area (Å²) in [5, 5.41) is 0. The van der Waals surface area contributed by atoms with Crippen molar-refractivity contribution < 1.29 is 4.79 Å². The average molecular weight is 193 g/mol. The van der Waals surface area contributed by atoms with Gasteiger partial charge in [0.2, 0.25) is 5.91 Å². The molecule has 14 heavy (non-hydrogen) atoms. The maximum Gasteiger partial charge on any atom is 0.226 e. The van der Waals surface area contributed by atoms with Crippen LogP contribution in [0.1, 0.15) is 45.4 Å². The predicted molar refractivity (Wildman–Crippen MR) is 54.8 cm³/mol. The average Bonchev–Trinajstić information content (AvgIpc) is 3.00. The molecule has 0 aromatic heterocycles. The Bertz CT molecular complexity index is 259. The Balaban J connectivity index is 1.85. The van der Waals surface area contributed by atoms with E-state index in [4.69, 9.17) is 0 Å². The number of carbonyl (C=O) groups is 1. The van der Waals surface area contributed by atoms with Crippen molar-refractivity contribution in [3.8, 4) is 0 Å². The van der Waals surface area contributed by atoms with Gasteiger partial charge in [0, 0.05) is 18.0 Å². The summed E-state index contributed by atoms with van der Waals surface area (Å²) in [7, 11) is 0. The van der Waals surface area contributed by atoms with Crippen LogP contribution in [0.4, 0.5) is 0 Å². The highest BCUT2D eigenvalue weighted by Crippen LogP contribution is 2.43. The van der Waals surface area contributed by atoms with Crippen molar-refractivity contribution in [3.63, 3.8) is 0 Å². The van der Waals surface area contributed by atoms with Gasteiger partial charge in [-0.1, -0.05) is 6.42 Å². The van der Waals surface area contributed by atoms with Crippen LogP contribution in [0.2, 0.25) is 0 Å². The third-order valence-corrected chi connectivity index (χ3v) is 4.38. The Morgan fingerprint density at radius 2 is 2.00 bits per heavy atom. The minimum absolute atomic E-state index is 0.394. The monoisotopic (exact) mass is 193 g/mol. The summed E-state index contributed by atoms with van der Waals surface area (Å²) >= 11 is 0. The van der Waals surface area contributed by atoms with Crippen LogP contribution in [-0.4, -0.2) is 22.9 Å².